The highest BCUT2D eigenvalue weighted by Crippen LogP contribution is 2.57. The van der Waals surface area contributed by atoms with Crippen LogP contribution < -0.4 is 20.1 Å². The second kappa shape index (κ2) is 14.0. The Bertz CT molecular complexity index is 1900. The molecule has 2 aromatic carbocycles. The maximum absolute atomic E-state index is 12.3. The van der Waals surface area contributed by atoms with E-state index in [2.05, 4.69) is 15.6 Å². The van der Waals surface area contributed by atoms with Crippen LogP contribution in [0.3, 0.4) is 0 Å². The fourth-order valence-corrected chi connectivity index (χ4v) is 8.81. The SMILES string of the molecule is COc1nc(-c2cccc(-c3cccc(-c4cnc(CNC[C@H]5CC(=O)C6(CC6)C5)c(OC)n4)c3Cl)c2Cl)cnc1CCC[C@@H]1CC2(CC2)C(=O)N1. The molecule has 2 atom stereocenters. The minimum atomic E-state index is -0.0761. The van der Waals surface area contributed by atoms with Crippen LogP contribution >= 0.6 is 23.2 Å². The van der Waals surface area contributed by atoms with Crippen LogP contribution in [0.25, 0.3) is 33.6 Å². The molecule has 1 aliphatic heterocycles. The number of Topliss-reactive ketones (excluding diaryl/α,β-unsaturated/α-hetero) is 1. The number of nitrogens with zero attached hydrogens (tertiary/aromatic N) is 4. The fraction of sp³-hybridized carbons (Fsp3) is 0.450. The molecule has 0 bridgehead atoms. The van der Waals surface area contributed by atoms with Gasteiger partial charge < -0.3 is 20.1 Å². The van der Waals surface area contributed by atoms with Gasteiger partial charge in [-0.15, -0.1) is 0 Å². The van der Waals surface area contributed by atoms with Gasteiger partial charge in [0, 0.05) is 46.7 Å². The number of carbonyl (C=O) groups excluding carboxylic acids is 2. The zero-order valence-corrected chi connectivity index (χ0v) is 30.9. The van der Waals surface area contributed by atoms with Crippen molar-refractivity contribution in [1.82, 2.24) is 30.6 Å². The van der Waals surface area contributed by atoms with Gasteiger partial charge in [0.05, 0.1) is 53.5 Å². The van der Waals surface area contributed by atoms with Gasteiger partial charge in [-0.05, 0) is 70.3 Å². The number of aryl methyl sites for hydroxylation is 1. The van der Waals surface area contributed by atoms with Crippen LogP contribution in [0.15, 0.2) is 48.8 Å². The van der Waals surface area contributed by atoms with Gasteiger partial charge in [0.15, 0.2) is 0 Å². The van der Waals surface area contributed by atoms with E-state index in [9.17, 15) is 9.59 Å². The summed E-state index contributed by atoms with van der Waals surface area (Å²) in [4.78, 5) is 43.6. The third-order valence-corrected chi connectivity index (χ3v) is 12.3. The van der Waals surface area contributed by atoms with E-state index < -0.39 is 0 Å². The predicted octanol–water partition coefficient (Wildman–Crippen LogP) is 7.43. The minimum absolute atomic E-state index is 0.00449. The lowest BCUT2D eigenvalue weighted by Crippen LogP contribution is -2.26. The van der Waals surface area contributed by atoms with Gasteiger partial charge >= 0.3 is 0 Å². The summed E-state index contributed by atoms with van der Waals surface area (Å²) in [5, 5.41) is 7.59. The van der Waals surface area contributed by atoms with Crippen molar-refractivity contribution in [2.45, 2.75) is 76.8 Å². The van der Waals surface area contributed by atoms with Gasteiger partial charge in [0.2, 0.25) is 17.7 Å². The lowest BCUT2D eigenvalue weighted by Gasteiger charge is -2.15. The quantitative estimate of drug-likeness (QED) is 0.144. The molecule has 4 fully saturated rings. The van der Waals surface area contributed by atoms with Crippen molar-refractivity contribution in [3.63, 3.8) is 0 Å². The number of hydrogen-bond acceptors (Lipinski definition) is 9. The number of ketones is 1. The molecule has 0 radical (unpaired) electrons. The number of hydrogen-bond donors (Lipinski definition) is 2. The first-order chi connectivity index (χ1) is 25.2. The predicted molar refractivity (Wildman–Crippen MR) is 199 cm³/mol. The highest BCUT2D eigenvalue weighted by molar-refractivity contribution is 6.39. The number of ether oxygens (including phenoxy) is 2. The van der Waals surface area contributed by atoms with Crippen LogP contribution in [0.1, 0.15) is 69.2 Å². The molecule has 10 nitrogen and oxygen atoms in total. The topological polar surface area (TPSA) is 128 Å². The standard InChI is InChI=1S/C40H42Cl2N6O4/c1-51-36-29(11-3-6-24-18-40(14-15-40)38(50)46-24)44-21-30(47-36)27-9-4-7-25(34(27)41)26-8-5-10-28(35(26)42)31-22-45-32(37(48-31)52-2)20-43-19-23-16-33(49)39(17-23)12-13-39/h4-5,7-10,21-24,43H,3,6,11-20H2,1-2H3,(H,46,50)/t23-,24+/m0/s1. The third kappa shape index (κ3) is 6.65. The van der Waals surface area contributed by atoms with Gasteiger partial charge in [-0.3, -0.25) is 19.6 Å². The van der Waals surface area contributed by atoms with Crippen LogP contribution in [-0.4, -0.2) is 58.4 Å². The molecule has 0 unspecified atom stereocenters. The molecule has 52 heavy (non-hydrogen) atoms. The van der Waals surface area contributed by atoms with Crippen molar-refractivity contribution in [2.75, 3.05) is 20.8 Å². The molecule has 12 heteroatoms. The average molecular weight is 742 g/mol. The maximum atomic E-state index is 12.3. The van der Waals surface area contributed by atoms with Crippen LogP contribution in [0.5, 0.6) is 11.8 Å². The van der Waals surface area contributed by atoms with Gasteiger partial charge in [-0.1, -0.05) is 59.6 Å². The van der Waals surface area contributed by atoms with Crippen molar-refractivity contribution in [3.8, 4) is 45.4 Å². The number of amides is 1. The molecule has 4 aromatic rings. The summed E-state index contributed by atoms with van der Waals surface area (Å²) < 4.78 is 11.3. The zero-order valence-electron chi connectivity index (χ0n) is 29.4. The zero-order chi connectivity index (χ0) is 36.0. The van der Waals surface area contributed by atoms with Crippen molar-refractivity contribution in [2.24, 2.45) is 16.7 Å². The molecule has 3 heterocycles. The van der Waals surface area contributed by atoms with E-state index in [1.165, 1.54) is 0 Å². The lowest BCUT2D eigenvalue weighted by atomic mass is 9.98. The summed E-state index contributed by atoms with van der Waals surface area (Å²) in [6.45, 7) is 1.25. The van der Waals surface area contributed by atoms with Gasteiger partial charge in [0.1, 0.15) is 17.2 Å². The molecule has 1 amide bonds. The average Bonchev–Trinajstić information content (AvgIpc) is 4.06. The number of methoxy groups -OCH3 is 2. The van der Waals surface area contributed by atoms with Crippen LogP contribution in [0, 0.1) is 16.7 Å². The summed E-state index contributed by atoms with van der Waals surface area (Å²) in [5.41, 5.74) is 5.42. The van der Waals surface area contributed by atoms with Crippen LogP contribution in [-0.2, 0) is 22.6 Å². The minimum Gasteiger partial charge on any atom is -0.480 e. The molecular weight excluding hydrogens is 699 g/mol. The molecule has 2 spiro atoms. The van der Waals surface area contributed by atoms with Crippen molar-refractivity contribution in [1.29, 1.82) is 0 Å². The first kappa shape index (κ1) is 34.9. The highest BCUT2D eigenvalue weighted by Gasteiger charge is 2.55. The van der Waals surface area contributed by atoms with Crippen molar-refractivity contribution < 1.29 is 19.1 Å². The Morgan fingerprint density at radius 3 is 1.94 bits per heavy atom. The molecule has 3 saturated carbocycles. The van der Waals surface area contributed by atoms with Gasteiger partial charge in [0.25, 0.3) is 0 Å². The summed E-state index contributed by atoms with van der Waals surface area (Å²) in [5.74, 6) is 1.90. The Hall–Kier alpha value is -4.12. The van der Waals surface area contributed by atoms with Gasteiger partial charge in [-0.25, -0.2) is 9.97 Å². The van der Waals surface area contributed by atoms with E-state index in [1.54, 1.807) is 26.6 Å². The normalized spacial score (nSPS) is 20.8. The number of benzene rings is 2. The summed E-state index contributed by atoms with van der Waals surface area (Å²) in [6, 6.07) is 11.7. The van der Waals surface area contributed by atoms with E-state index in [0.29, 0.717) is 81.1 Å². The van der Waals surface area contributed by atoms with Crippen molar-refractivity contribution >= 4 is 34.9 Å². The molecular formula is C40H42Cl2N6O4. The van der Waals surface area contributed by atoms with Crippen molar-refractivity contribution in [3.05, 3.63) is 70.2 Å². The molecule has 3 aliphatic carbocycles. The van der Waals surface area contributed by atoms with Gasteiger partial charge in [-0.2, -0.15) is 0 Å². The summed E-state index contributed by atoms with van der Waals surface area (Å²) in [7, 11) is 3.18. The van der Waals surface area contributed by atoms with E-state index >= 15 is 0 Å². The molecule has 2 N–H and O–H groups in total. The summed E-state index contributed by atoms with van der Waals surface area (Å²) in [6.07, 6.45) is 12.6. The molecule has 4 aliphatic rings. The lowest BCUT2D eigenvalue weighted by molar-refractivity contribution is -0.123. The molecule has 8 rings (SSSR count). The largest absolute Gasteiger partial charge is 0.480 e. The number of rotatable bonds is 13. The Morgan fingerprint density at radius 1 is 0.808 bits per heavy atom. The Labute approximate surface area is 313 Å². The molecule has 270 valence electrons. The molecule has 2 aromatic heterocycles. The highest BCUT2D eigenvalue weighted by atomic mass is 35.5. The second-order valence-corrected chi connectivity index (χ2v) is 15.7. The number of carbonyl (C=O) groups is 2. The number of aromatic nitrogens is 4. The van der Waals surface area contributed by atoms with E-state index in [1.807, 2.05) is 36.4 Å². The number of nitrogens with one attached hydrogen (secondary N) is 2. The number of halogens is 2. The Balaban J connectivity index is 0.968. The monoisotopic (exact) mass is 740 g/mol. The summed E-state index contributed by atoms with van der Waals surface area (Å²) >= 11 is 14.2. The van der Waals surface area contributed by atoms with Crippen LogP contribution in [0.2, 0.25) is 10.0 Å². The van der Waals surface area contributed by atoms with E-state index in [0.717, 1.165) is 74.7 Å². The fourth-order valence-electron chi connectivity index (χ4n) is 8.17. The Morgan fingerprint density at radius 2 is 1.38 bits per heavy atom. The third-order valence-electron chi connectivity index (χ3n) is 11.4. The Kier molecular flexibility index (Phi) is 9.42. The first-order valence-electron chi connectivity index (χ1n) is 18.2. The first-order valence-corrected chi connectivity index (χ1v) is 18.9. The second-order valence-electron chi connectivity index (χ2n) is 14.9. The van der Waals surface area contributed by atoms with E-state index in [4.69, 9.17) is 47.6 Å². The van der Waals surface area contributed by atoms with Crippen LogP contribution in [0.4, 0.5) is 0 Å². The smallest absolute Gasteiger partial charge is 0.237 e. The maximum Gasteiger partial charge on any atom is 0.237 e. The molecule has 1 saturated heterocycles. The van der Waals surface area contributed by atoms with E-state index in [-0.39, 0.29) is 22.8 Å².